The third-order valence-corrected chi connectivity index (χ3v) is 2.52. The molecule has 2 amide bonds. The molecule has 0 atom stereocenters. The van der Waals surface area contributed by atoms with Crippen LogP contribution in [0.1, 0.15) is 20.8 Å². The van der Waals surface area contributed by atoms with E-state index in [1.807, 2.05) is 26.8 Å². The average Bonchev–Trinajstić information content (AvgIpc) is 2.29. The number of benzene rings is 1. The molecule has 20 heavy (non-hydrogen) atoms. The molecule has 0 aromatic heterocycles. The van der Waals surface area contributed by atoms with E-state index in [1.165, 1.54) is 24.4 Å². The van der Waals surface area contributed by atoms with Crippen molar-refractivity contribution >= 4 is 29.0 Å². The minimum absolute atomic E-state index is 0.0218. The summed E-state index contributed by atoms with van der Waals surface area (Å²) in [6.07, 6.45) is 3.36. The number of rotatable bonds is 3. The molecule has 0 saturated heterocycles. The van der Waals surface area contributed by atoms with Crippen LogP contribution in [0, 0.1) is 15.5 Å². The molecule has 0 spiro atoms. The van der Waals surface area contributed by atoms with Crippen LogP contribution < -0.4 is 10.6 Å². The van der Waals surface area contributed by atoms with Crippen molar-refractivity contribution in [1.29, 1.82) is 0 Å². The lowest BCUT2D eigenvalue weighted by atomic mass is 9.97. The molecule has 108 valence electrons. The van der Waals surface area contributed by atoms with E-state index in [9.17, 15) is 14.9 Å². The number of hydrogen-bond donors (Lipinski definition) is 2. The van der Waals surface area contributed by atoms with Crippen LogP contribution in [0.4, 0.5) is 16.2 Å². The zero-order valence-electron chi connectivity index (χ0n) is 11.4. The van der Waals surface area contributed by atoms with Crippen LogP contribution in [0.15, 0.2) is 30.5 Å². The highest BCUT2D eigenvalue weighted by Gasteiger charge is 2.13. The van der Waals surface area contributed by atoms with Crippen LogP contribution in [0.5, 0.6) is 0 Å². The van der Waals surface area contributed by atoms with E-state index in [-0.39, 0.29) is 16.1 Å². The highest BCUT2D eigenvalue weighted by atomic mass is 35.5. The van der Waals surface area contributed by atoms with Gasteiger partial charge in [-0.25, -0.2) is 4.79 Å². The molecule has 6 nitrogen and oxygen atoms in total. The Hall–Kier alpha value is -2.08. The number of urea groups is 1. The number of amides is 2. The maximum Gasteiger partial charge on any atom is 0.323 e. The Balaban J connectivity index is 2.70. The van der Waals surface area contributed by atoms with Crippen molar-refractivity contribution in [2.75, 3.05) is 5.32 Å². The summed E-state index contributed by atoms with van der Waals surface area (Å²) in [6, 6.07) is 3.57. The topological polar surface area (TPSA) is 84.3 Å². The third-order valence-electron chi connectivity index (χ3n) is 2.20. The monoisotopic (exact) mass is 297 g/mol. The van der Waals surface area contributed by atoms with E-state index in [0.717, 1.165) is 0 Å². The van der Waals surface area contributed by atoms with Crippen molar-refractivity contribution in [3.8, 4) is 0 Å². The van der Waals surface area contributed by atoms with Crippen molar-refractivity contribution in [3.05, 3.63) is 45.6 Å². The molecule has 0 fully saturated rings. The van der Waals surface area contributed by atoms with Crippen molar-refractivity contribution < 1.29 is 9.72 Å². The summed E-state index contributed by atoms with van der Waals surface area (Å²) < 4.78 is 0. The standard InChI is InChI=1S/C13H16ClN3O3/c1-13(2,3)6-7-15-12(18)16-9-4-5-10(14)11(8-9)17(19)20/h4-8H,1-3H3,(H2,15,16,18)/b7-6+. The van der Waals surface area contributed by atoms with Gasteiger partial charge in [-0.2, -0.15) is 0 Å². The van der Waals surface area contributed by atoms with Gasteiger partial charge in [-0.1, -0.05) is 38.4 Å². The van der Waals surface area contributed by atoms with Gasteiger partial charge in [-0.15, -0.1) is 0 Å². The predicted molar refractivity (Wildman–Crippen MR) is 78.9 cm³/mol. The zero-order chi connectivity index (χ0) is 15.3. The molecule has 0 aliphatic rings. The molecule has 0 aliphatic carbocycles. The lowest BCUT2D eigenvalue weighted by Gasteiger charge is -2.11. The molecule has 0 heterocycles. The van der Waals surface area contributed by atoms with Gasteiger partial charge in [0.2, 0.25) is 0 Å². The van der Waals surface area contributed by atoms with E-state index in [1.54, 1.807) is 0 Å². The quantitative estimate of drug-likeness (QED) is 0.655. The minimum Gasteiger partial charge on any atom is -0.315 e. The number of nitrogens with zero attached hydrogens (tertiary/aromatic N) is 1. The molecule has 7 heteroatoms. The number of halogens is 1. The molecule has 1 aromatic rings. The summed E-state index contributed by atoms with van der Waals surface area (Å²) >= 11 is 5.68. The Morgan fingerprint density at radius 2 is 2.05 bits per heavy atom. The first-order valence-electron chi connectivity index (χ1n) is 5.88. The Morgan fingerprint density at radius 1 is 1.40 bits per heavy atom. The summed E-state index contributed by atoms with van der Waals surface area (Å²) in [5.74, 6) is 0. The number of nitro groups is 1. The summed E-state index contributed by atoms with van der Waals surface area (Å²) in [5, 5.41) is 15.7. The number of allylic oxidation sites excluding steroid dienone is 1. The van der Waals surface area contributed by atoms with Gasteiger partial charge in [0.25, 0.3) is 5.69 Å². The molecule has 1 rings (SSSR count). The van der Waals surface area contributed by atoms with Crippen molar-refractivity contribution in [2.45, 2.75) is 20.8 Å². The number of carbonyl (C=O) groups is 1. The number of carbonyl (C=O) groups excluding carboxylic acids is 1. The average molecular weight is 298 g/mol. The molecule has 0 radical (unpaired) electrons. The van der Waals surface area contributed by atoms with Crippen LogP contribution in [0.3, 0.4) is 0 Å². The molecule has 0 aliphatic heterocycles. The van der Waals surface area contributed by atoms with Gasteiger partial charge >= 0.3 is 6.03 Å². The van der Waals surface area contributed by atoms with Crippen LogP contribution in [-0.2, 0) is 0 Å². The first-order valence-corrected chi connectivity index (χ1v) is 6.26. The molecule has 0 saturated carbocycles. The maximum atomic E-state index is 11.6. The van der Waals surface area contributed by atoms with Gasteiger partial charge in [-0.05, 0) is 17.5 Å². The predicted octanol–water partition coefficient (Wildman–Crippen LogP) is 3.93. The summed E-state index contributed by atoms with van der Waals surface area (Å²) in [5.41, 5.74) is -0.00995. The fourth-order valence-electron chi connectivity index (χ4n) is 1.26. The fraction of sp³-hybridized carbons (Fsp3) is 0.308. The van der Waals surface area contributed by atoms with Crippen LogP contribution >= 0.6 is 11.6 Å². The minimum atomic E-state index is -0.606. The van der Waals surface area contributed by atoms with Crippen LogP contribution in [0.2, 0.25) is 5.02 Å². The third kappa shape index (κ3) is 5.27. The molecular formula is C13H16ClN3O3. The zero-order valence-corrected chi connectivity index (χ0v) is 12.2. The number of anilines is 1. The first-order chi connectivity index (χ1) is 9.19. The van der Waals surface area contributed by atoms with Crippen LogP contribution in [0.25, 0.3) is 0 Å². The summed E-state index contributed by atoms with van der Waals surface area (Å²) in [6.45, 7) is 5.98. The lowest BCUT2D eigenvalue weighted by molar-refractivity contribution is -0.384. The second-order valence-corrected chi connectivity index (χ2v) is 5.63. The van der Waals surface area contributed by atoms with Crippen molar-refractivity contribution in [3.63, 3.8) is 0 Å². The Labute approximate surface area is 122 Å². The van der Waals surface area contributed by atoms with Gasteiger partial charge < -0.3 is 10.6 Å². The second-order valence-electron chi connectivity index (χ2n) is 5.22. The van der Waals surface area contributed by atoms with Gasteiger partial charge in [0.05, 0.1) is 4.92 Å². The Kier molecular flexibility index (Phi) is 5.10. The molecule has 1 aromatic carbocycles. The molecule has 0 unspecified atom stereocenters. The fourth-order valence-corrected chi connectivity index (χ4v) is 1.45. The smallest absolute Gasteiger partial charge is 0.315 e. The Bertz CT molecular complexity index is 550. The molecule has 0 bridgehead atoms. The lowest BCUT2D eigenvalue weighted by Crippen LogP contribution is -2.24. The number of hydrogen-bond acceptors (Lipinski definition) is 3. The normalized spacial score (nSPS) is 11.4. The Morgan fingerprint density at radius 3 is 2.60 bits per heavy atom. The van der Waals surface area contributed by atoms with E-state index < -0.39 is 11.0 Å². The summed E-state index contributed by atoms with van der Waals surface area (Å²) in [7, 11) is 0. The van der Waals surface area contributed by atoms with E-state index in [4.69, 9.17) is 11.6 Å². The van der Waals surface area contributed by atoms with Gasteiger partial charge in [0, 0.05) is 18.0 Å². The highest BCUT2D eigenvalue weighted by Crippen LogP contribution is 2.27. The van der Waals surface area contributed by atoms with Gasteiger partial charge in [0.15, 0.2) is 0 Å². The van der Waals surface area contributed by atoms with E-state index >= 15 is 0 Å². The largest absolute Gasteiger partial charge is 0.323 e. The van der Waals surface area contributed by atoms with Crippen LogP contribution in [-0.4, -0.2) is 11.0 Å². The van der Waals surface area contributed by atoms with Gasteiger partial charge in [-0.3, -0.25) is 10.1 Å². The molecular weight excluding hydrogens is 282 g/mol. The summed E-state index contributed by atoms with van der Waals surface area (Å²) in [4.78, 5) is 21.7. The van der Waals surface area contributed by atoms with Crippen molar-refractivity contribution in [2.24, 2.45) is 5.41 Å². The number of nitrogens with one attached hydrogen (secondary N) is 2. The highest BCUT2D eigenvalue weighted by molar-refractivity contribution is 6.32. The first kappa shape index (κ1) is 16.0. The SMILES string of the molecule is CC(C)(C)/C=C/NC(=O)Nc1ccc(Cl)c([N+](=O)[O-])c1. The van der Waals surface area contributed by atoms with E-state index in [2.05, 4.69) is 10.6 Å². The van der Waals surface area contributed by atoms with Gasteiger partial charge in [0.1, 0.15) is 5.02 Å². The maximum absolute atomic E-state index is 11.6. The van der Waals surface area contributed by atoms with Crippen molar-refractivity contribution in [1.82, 2.24) is 5.32 Å². The van der Waals surface area contributed by atoms with E-state index in [0.29, 0.717) is 5.69 Å². The second kappa shape index (κ2) is 6.38. The molecule has 2 N–H and O–H groups in total. The number of nitro benzene ring substituents is 1.